The van der Waals surface area contributed by atoms with Gasteiger partial charge < -0.3 is 39.0 Å². The fourth-order valence-electron chi connectivity index (χ4n) is 9.04. The van der Waals surface area contributed by atoms with Gasteiger partial charge in [-0.25, -0.2) is 4.79 Å². The van der Waals surface area contributed by atoms with Crippen LogP contribution in [0.25, 0.3) is 0 Å². The number of ether oxygens (including phenoxy) is 5. The third kappa shape index (κ3) is 45.6. The number of aliphatic hydroxyl groups excluding tert-OH is 2. The maximum Gasteiger partial charge on any atom is 0.335 e. The molecule has 460 valence electrons. The molecule has 1 heterocycles. The van der Waals surface area contributed by atoms with Gasteiger partial charge in [0.25, 0.3) is 0 Å². The predicted octanol–water partition coefficient (Wildman–Crippen LogP) is 17.0. The van der Waals surface area contributed by atoms with E-state index in [9.17, 15) is 34.5 Å². The molecular formula is C69H112O12. The van der Waals surface area contributed by atoms with Crippen LogP contribution in [-0.2, 0) is 42.9 Å². The Morgan fingerprint density at radius 2 is 0.790 bits per heavy atom. The lowest BCUT2D eigenvalue weighted by Crippen LogP contribution is -2.61. The molecule has 3 N–H and O–H groups in total. The van der Waals surface area contributed by atoms with E-state index in [1.807, 2.05) is 6.08 Å². The van der Waals surface area contributed by atoms with Gasteiger partial charge in [-0.2, -0.15) is 0 Å². The van der Waals surface area contributed by atoms with Gasteiger partial charge in [0.1, 0.15) is 18.8 Å². The lowest BCUT2D eigenvalue weighted by molar-refractivity contribution is -0.301. The molecule has 0 aromatic carbocycles. The SMILES string of the molecule is CC/C=C\C/C=C\C/C=C\C/C=C\C/C=C\CCCC(=O)OCC(COC1OC(C(=O)O)C(O)C(O)C1OC(=O)CCCCCCCCCCCCCCCCCCCCC)OC(=O)CCCC/C=C\C/C=C\C/C=C\C/C=C\CC. The number of carbonyl (C=O) groups excluding carboxylic acids is 3. The van der Waals surface area contributed by atoms with E-state index in [1.54, 1.807) is 0 Å². The first-order valence-corrected chi connectivity index (χ1v) is 31.9. The zero-order valence-electron chi connectivity index (χ0n) is 50.7. The second-order valence-electron chi connectivity index (χ2n) is 21.3. The molecule has 0 spiro atoms. The summed E-state index contributed by atoms with van der Waals surface area (Å²) in [5.41, 5.74) is 0. The molecule has 0 aliphatic carbocycles. The summed E-state index contributed by atoms with van der Waals surface area (Å²) in [5, 5.41) is 31.6. The van der Waals surface area contributed by atoms with Crippen molar-refractivity contribution in [1.82, 2.24) is 0 Å². The Balaban J connectivity index is 2.71. The molecule has 1 aliphatic heterocycles. The minimum absolute atomic E-state index is 0.0484. The van der Waals surface area contributed by atoms with Crippen LogP contribution in [0, 0.1) is 0 Å². The van der Waals surface area contributed by atoms with E-state index < -0.39 is 67.3 Å². The number of carboxylic acids is 1. The molecule has 0 aromatic heterocycles. The Morgan fingerprint density at radius 3 is 1.22 bits per heavy atom. The third-order valence-corrected chi connectivity index (χ3v) is 13.8. The highest BCUT2D eigenvalue weighted by Gasteiger charge is 2.50. The number of carboxylic acid groups (broad SMARTS) is 1. The van der Waals surface area contributed by atoms with E-state index in [2.05, 4.69) is 124 Å². The molecule has 0 aromatic rings. The Morgan fingerprint density at radius 1 is 0.420 bits per heavy atom. The zero-order valence-corrected chi connectivity index (χ0v) is 50.7. The predicted molar refractivity (Wildman–Crippen MR) is 330 cm³/mol. The molecule has 6 atom stereocenters. The van der Waals surface area contributed by atoms with Crippen molar-refractivity contribution < 1.29 is 58.2 Å². The van der Waals surface area contributed by atoms with Crippen molar-refractivity contribution in [2.45, 2.75) is 289 Å². The summed E-state index contributed by atoms with van der Waals surface area (Å²) in [6, 6.07) is 0. The van der Waals surface area contributed by atoms with Crippen LogP contribution in [0.2, 0.25) is 0 Å². The zero-order chi connectivity index (χ0) is 58.9. The average Bonchev–Trinajstić information content (AvgIpc) is 3.53. The van der Waals surface area contributed by atoms with Crippen LogP contribution in [0.1, 0.15) is 252 Å². The summed E-state index contributed by atoms with van der Waals surface area (Å²) in [6.45, 7) is 5.70. The highest BCUT2D eigenvalue weighted by Crippen LogP contribution is 2.26. The lowest BCUT2D eigenvalue weighted by atomic mass is 9.98. The number of carbonyl (C=O) groups is 4. The van der Waals surface area contributed by atoms with Crippen molar-refractivity contribution in [3.8, 4) is 0 Å². The number of esters is 3. The van der Waals surface area contributed by atoms with E-state index in [1.165, 1.54) is 89.9 Å². The standard InChI is InChI=1S/C69H112O12/c1-4-7-10-13-16-19-22-25-28-30-31-33-36-39-42-45-48-51-54-57-63(72)80-67-65(74)64(73)66(68(75)76)81-69(67)78-59-60(79-62(71)56-53-50-47-44-41-38-34-27-24-21-18-15-12-9-6-3)58-77-61(70)55-52-49-46-43-40-37-35-32-29-26-23-20-17-14-11-8-5-2/h8-9,11-12,17-18,20-21,26-27,29,34-35,37,41,43-44,46,60,64-67,69,73-74H,4-7,10,13-16,19,22-25,28,30-33,36,38-40,42,45,47-59H2,1-3H3,(H,75,76)/b11-8-,12-9-,20-17-,21-18-,29-26-,34-27-,37-35-,44-41-,46-43-. The van der Waals surface area contributed by atoms with Gasteiger partial charge in [-0.05, 0) is 96.3 Å². The Bertz CT molecular complexity index is 1820. The summed E-state index contributed by atoms with van der Waals surface area (Å²) in [4.78, 5) is 51.2. The van der Waals surface area contributed by atoms with Crippen LogP contribution >= 0.6 is 0 Å². The Kier molecular flexibility index (Phi) is 51.3. The molecule has 12 nitrogen and oxygen atoms in total. The molecular weight excluding hydrogens is 1020 g/mol. The minimum Gasteiger partial charge on any atom is -0.479 e. The maximum absolute atomic E-state index is 13.2. The van der Waals surface area contributed by atoms with Crippen molar-refractivity contribution >= 4 is 23.9 Å². The van der Waals surface area contributed by atoms with Gasteiger partial charge in [0.05, 0.1) is 6.61 Å². The normalized spacial score (nSPS) is 18.5. The van der Waals surface area contributed by atoms with Gasteiger partial charge in [-0.3, -0.25) is 14.4 Å². The van der Waals surface area contributed by atoms with Crippen LogP contribution in [-0.4, -0.2) is 89.2 Å². The minimum atomic E-state index is -1.92. The number of hydrogen-bond donors (Lipinski definition) is 3. The van der Waals surface area contributed by atoms with E-state index >= 15 is 0 Å². The van der Waals surface area contributed by atoms with Crippen LogP contribution in [0.5, 0.6) is 0 Å². The highest BCUT2D eigenvalue weighted by molar-refractivity contribution is 5.74. The number of allylic oxidation sites excluding steroid dienone is 18. The molecule has 1 saturated heterocycles. The molecule has 81 heavy (non-hydrogen) atoms. The molecule has 0 amide bonds. The molecule has 1 rings (SSSR count). The number of rotatable bonds is 53. The van der Waals surface area contributed by atoms with Crippen molar-refractivity contribution in [2.24, 2.45) is 0 Å². The van der Waals surface area contributed by atoms with Crippen LogP contribution < -0.4 is 0 Å². The summed E-state index contributed by atoms with van der Waals surface area (Å²) in [5.74, 6) is -3.26. The van der Waals surface area contributed by atoms with Gasteiger partial charge in [-0.1, -0.05) is 246 Å². The summed E-state index contributed by atoms with van der Waals surface area (Å²) in [6.07, 6.45) is 63.5. The molecule has 6 unspecified atom stereocenters. The van der Waals surface area contributed by atoms with Gasteiger partial charge in [0.15, 0.2) is 24.6 Å². The summed E-state index contributed by atoms with van der Waals surface area (Å²) in [7, 11) is 0. The van der Waals surface area contributed by atoms with E-state index in [0.717, 1.165) is 96.3 Å². The van der Waals surface area contributed by atoms with Gasteiger partial charge in [0.2, 0.25) is 0 Å². The van der Waals surface area contributed by atoms with Gasteiger partial charge in [0, 0.05) is 19.3 Å². The first kappa shape index (κ1) is 74.4. The molecule has 0 radical (unpaired) electrons. The highest BCUT2D eigenvalue weighted by atomic mass is 16.7. The second kappa shape index (κ2) is 55.9. The average molecular weight is 1130 g/mol. The molecule has 1 fully saturated rings. The second-order valence-corrected chi connectivity index (χ2v) is 21.3. The molecule has 1 aliphatic rings. The fourth-order valence-corrected chi connectivity index (χ4v) is 9.04. The Labute approximate surface area is 491 Å². The van der Waals surface area contributed by atoms with E-state index in [-0.39, 0.29) is 25.9 Å². The number of unbranched alkanes of at least 4 members (excludes halogenated alkanes) is 21. The van der Waals surface area contributed by atoms with E-state index in [4.69, 9.17) is 23.7 Å². The molecule has 0 bridgehead atoms. The quantitative estimate of drug-likeness (QED) is 0.0228. The first-order chi connectivity index (χ1) is 39.6. The van der Waals surface area contributed by atoms with Crippen LogP contribution in [0.15, 0.2) is 109 Å². The topological polar surface area (TPSA) is 175 Å². The van der Waals surface area contributed by atoms with Crippen molar-refractivity contribution in [3.63, 3.8) is 0 Å². The molecule has 12 heteroatoms. The lowest BCUT2D eigenvalue weighted by Gasteiger charge is -2.40. The van der Waals surface area contributed by atoms with Crippen molar-refractivity contribution in [2.75, 3.05) is 13.2 Å². The number of hydrogen-bond acceptors (Lipinski definition) is 11. The third-order valence-electron chi connectivity index (χ3n) is 13.8. The monoisotopic (exact) mass is 1130 g/mol. The number of aliphatic carboxylic acids is 1. The Hall–Kier alpha value is -4.62. The smallest absolute Gasteiger partial charge is 0.335 e. The first-order valence-electron chi connectivity index (χ1n) is 31.9. The summed E-state index contributed by atoms with van der Waals surface area (Å²) < 4.78 is 28.4. The van der Waals surface area contributed by atoms with Crippen LogP contribution in [0.3, 0.4) is 0 Å². The molecule has 0 saturated carbocycles. The van der Waals surface area contributed by atoms with E-state index in [0.29, 0.717) is 25.7 Å². The van der Waals surface area contributed by atoms with Crippen molar-refractivity contribution in [1.29, 1.82) is 0 Å². The largest absolute Gasteiger partial charge is 0.479 e. The maximum atomic E-state index is 13.2. The summed E-state index contributed by atoms with van der Waals surface area (Å²) >= 11 is 0. The van der Waals surface area contributed by atoms with Crippen molar-refractivity contribution in [3.05, 3.63) is 109 Å². The van der Waals surface area contributed by atoms with Gasteiger partial charge in [-0.15, -0.1) is 0 Å². The fraction of sp³-hybridized carbons (Fsp3) is 0.681. The number of aliphatic hydroxyl groups is 2. The van der Waals surface area contributed by atoms with Crippen LogP contribution in [0.4, 0.5) is 0 Å². The van der Waals surface area contributed by atoms with Gasteiger partial charge >= 0.3 is 23.9 Å².